The second-order valence-corrected chi connectivity index (χ2v) is 7.85. The maximum Gasteiger partial charge on any atom is 0.232 e. The fourth-order valence-electron chi connectivity index (χ4n) is 2.37. The van der Waals surface area contributed by atoms with Crippen LogP contribution in [0.3, 0.4) is 0 Å². The molecule has 0 radical (unpaired) electrons. The van der Waals surface area contributed by atoms with Crippen LogP contribution < -0.4 is 4.72 Å². The number of ketones is 1. The van der Waals surface area contributed by atoms with Gasteiger partial charge in [0.2, 0.25) is 10.0 Å². The summed E-state index contributed by atoms with van der Waals surface area (Å²) in [6.45, 7) is 1.56. The number of hydrogen-bond donors (Lipinski definition) is 1. The molecule has 0 saturated heterocycles. The Morgan fingerprint density at radius 3 is 2.48 bits per heavy atom. The van der Waals surface area contributed by atoms with Crippen LogP contribution >= 0.6 is 0 Å². The van der Waals surface area contributed by atoms with Crippen LogP contribution in [-0.2, 0) is 10.0 Å². The Morgan fingerprint density at radius 2 is 1.81 bits per heavy atom. The minimum absolute atomic E-state index is 0.00686. The quantitative estimate of drug-likeness (QED) is 0.501. The number of rotatable bonds is 7. The number of benzene rings is 2. The molecule has 27 heavy (non-hydrogen) atoms. The molecule has 0 bridgehead atoms. The summed E-state index contributed by atoms with van der Waals surface area (Å²) in [5.74, 6) is -0.181. The fraction of sp³-hybridized carbons (Fsp3) is 0.100. The summed E-state index contributed by atoms with van der Waals surface area (Å²) < 4.78 is 27.3. The van der Waals surface area contributed by atoms with Crippen molar-refractivity contribution < 1.29 is 13.2 Å². The van der Waals surface area contributed by atoms with E-state index in [1.165, 1.54) is 6.08 Å². The monoisotopic (exact) mass is 381 g/mol. The number of nitrogens with one attached hydrogen (secondary N) is 1. The van der Waals surface area contributed by atoms with E-state index in [0.29, 0.717) is 11.3 Å². The van der Waals surface area contributed by atoms with Crippen LogP contribution in [-0.4, -0.2) is 29.7 Å². The summed E-state index contributed by atoms with van der Waals surface area (Å²) in [5, 5.41) is 4.28. The number of carbonyl (C=O) groups is 1. The second-order valence-electron chi connectivity index (χ2n) is 5.83. The average molecular weight is 381 g/mol. The zero-order valence-corrected chi connectivity index (χ0v) is 15.6. The van der Waals surface area contributed by atoms with Crippen LogP contribution in [0, 0.1) is 0 Å². The Bertz CT molecular complexity index is 1050. The first-order valence-corrected chi connectivity index (χ1v) is 10.0. The van der Waals surface area contributed by atoms with Gasteiger partial charge in [0.25, 0.3) is 0 Å². The molecule has 3 aromatic rings. The highest BCUT2D eigenvalue weighted by atomic mass is 32.2. The lowest BCUT2D eigenvalue weighted by atomic mass is 10.1. The highest BCUT2D eigenvalue weighted by Gasteiger charge is 2.08. The van der Waals surface area contributed by atoms with E-state index in [4.69, 9.17) is 0 Å². The maximum absolute atomic E-state index is 12.3. The van der Waals surface area contributed by atoms with Gasteiger partial charge < -0.3 is 0 Å². The van der Waals surface area contributed by atoms with Crippen molar-refractivity contribution in [2.24, 2.45) is 0 Å². The van der Waals surface area contributed by atoms with Crippen molar-refractivity contribution in [2.75, 3.05) is 10.5 Å². The molecule has 138 valence electrons. The van der Waals surface area contributed by atoms with Gasteiger partial charge in [-0.3, -0.25) is 9.52 Å². The normalized spacial score (nSPS) is 11.6. The molecule has 0 spiro atoms. The van der Waals surface area contributed by atoms with Crippen LogP contribution in [0.15, 0.2) is 73.1 Å². The van der Waals surface area contributed by atoms with Gasteiger partial charge in [-0.25, -0.2) is 13.1 Å². The van der Waals surface area contributed by atoms with Gasteiger partial charge in [-0.15, -0.1) is 0 Å². The maximum atomic E-state index is 12.3. The van der Waals surface area contributed by atoms with Crippen LogP contribution in [0.5, 0.6) is 0 Å². The molecule has 0 amide bonds. The molecule has 0 aliphatic carbocycles. The van der Waals surface area contributed by atoms with E-state index in [-0.39, 0.29) is 11.5 Å². The fourth-order valence-corrected chi connectivity index (χ4v) is 3.01. The molecule has 0 saturated carbocycles. The SMILES string of the molecule is CCS(=O)(=O)Nc1ccc(C(=O)/C=C/c2cnn(-c3ccccc3)c2)cc1. The van der Waals surface area contributed by atoms with Crippen molar-refractivity contribution in [3.8, 4) is 5.69 Å². The number of nitrogens with zero attached hydrogens (tertiary/aromatic N) is 2. The zero-order chi connectivity index (χ0) is 19.3. The van der Waals surface area contributed by atoms with E-state index in [0.717, 1.165) is 11.3 Å². The highest BCUT2D eigenvalue weighted by Crippen LogP contribution is 2.13. The van der Waals surface area contributed by atoms with Crippen LogP contribution in [0.4, 0.5) is 5.69 Å². The average Bonchev–Trinajstić information content (AvgIpc) is 3.16. The van der Waals surface area contributed by atoms with Crippen molar-refractivity contribution in [3.05, 3.63) is 84.2 Å². The van der Waals surface area contributed by atoms with E-state index in [2.05, 4.69) is 9.82 Å². The molecule has 3 rings (SSSR count). The third-order valence-corrected chi connectivity index (χ3v) is 5.18. The summed E-state index contributed by atoms with van der Waals surface area (Å²) in [7, 11) is -3.33. The zero-order valence-electron chi connectivity index (χ0n) is 14.7. The van der Waals surface area contributed by atoms with E-state index in [1.807, 2.05) is 36.5 Å². The Balaban J connectivity index is 1.67. The third kappa shape index (κ3) is 4.92. The number of hydrogen-bond acceptors (Lipinski definition) is 4. The molecule has 0 aliphatic heterocycles. The predicted octanol–water partition coefficient (Wildman–Crippen LogP) is 3.53. The summed E-state index contributed by atoms with van der Waals surface area (Å²) in [6.07, 6.45) is 6.68. The van der Waals surface area contributed by atoms with Gasteiger partial charge in [-0.05, 0) is 55.5 Å². The van der Waals surface area contributed by atoms with Crippen molar-refractivity contribution in [3.63, 3.8) is 0 Å². The van der Waals surface area contributed by atoms with E-state index in [1.54, 1.807) is 48.1 Å². The van der Waals surface area contributed by atoms with E-state index < -0.39 is 10.0 Å². The molecule has 0 fully saturated rings. The first kappa shape index (κ1) is 18.6. The minimum atomic E-state index is -3.33. The van der Waals surface area contributed by atoms with Gasteiger partial charge in [0, 0.05) is 23.0 Å². The first-order valence-electron chi connectivity index (χ1n) is 8.40. The van der Waals surface area contributed by atoms with Crippen molar-refractivity contribution in [1.29, 1.82) is 0 Å². The Kier molecular flexibility index (Phi) is 5.52. The molecule has 1 N–H and O–H groups in total. The van der Waals surface area contributed by atoms with Crippen LogP contribution in [0.25, 0.3) is 11.8 Å². The Hall–Kier alpha value is -3.19. The lowest BCUT2D eigenvalue weighted by Gasteiger charge is -2.06. The minimum Gasteiger partial charge on any atom is -0.289 e. The molecule has 6 nitrogen and oxygen atoms in total. The molecule has 7 heteroatoms. The smallest absolute Gasteiger partial charge is 0.232 e. The second kappa shape index (κ2) is 8.01. The van der Waals surface area contributed by atoms with Gasteiger partial charge in [0.1, 0.15) is 0 Å². The molecule has 0 unspecified atom stereocenters. The number of allylic oxidation sites excluding steroid dienone is 1. The van der Waals surface area contributed by atoms with Gasteiger partial charge in [-0.1, -0.05) is 18.2 Å². The van der Waals surface area contributed by atoms with Gasteiger partial charge in [0.05, 0.1) is 17.6 Å². The summed E-state index contributed by atoms with van der Waals surface area (Å²) in [4.78, 5) is 12.3. The predicted molar refractivity (Wildman–Crippen MR) is 106 cm³/mol. The van der Waals surface area contributed by atoms with E-state index >= 15 is 0 Å². The number of anilines is 1. The number of aromatic nitrogens is 2. The number of para-hydroxylation sites is 1. The molecular formula is C20H19N3O3S. The summed E-state index contributed by atoms with van der Waals surface area (Å²) >= 11 is 0. The summed E-state index contributed by atoms with van der Waals surface area (Å²) in [6, 6.07) is 16.0. The lowest BCUT2D eigenvalue weighted by Crippen LogP contribution is -2.14. The molecule has 1 heterocycles. The topological polar surface area (TPSA) is 81.1 Å². The van der Waals surface area contributed by atoms with E-state index in [9.17, 15) is 13.2 Å². The summed E-state index contributed by atoms with van der Waals surface area (Å²) in [5.41, 5.74) is 2.65. The highest BCUT2D eigenvalue weighted by molar-refractivity contribution is 7.92. The van der Waals surface area contributed by atoms with Crippen LogP contribution in [0.2, 0.25) is 0 Å². The van der Waals surface area contributed by atoms with Crippen molar-refractivity contribution in [2.45, 2.75) is 6.92 Å². The molecule has 0 atom stereocenters. The van der Waals surface area contributed by atoms with Crippen molar-refractivity contribution >= 4 is 27.6 Å². The van der Waals surface area contributed by atoms with Gasteiger partial charge >= 0.3 is 0 Å². The molecule has 2 aromatic carbocycles. The van der Waals surface area contributed by atoms with Crippen molar-refractivity contribution in [1.82, 2.24) is 9.78 Å². The Morgan fingerprint density at radius 1 is 1.11 bits per heavy atom. The molecule has 1 aromatic heterocycles. The molecular weight excluding hydrogens is 362 g/mol. The Labute approximate surface area is 158 Å². The first-order chi connectivity index (χ1) is 13.0. The number of sulfonamides is 1. The van der Waals surface area contributed by atoms with Gasteiger partial charge in [-0.2, -0.15) is 5.10 Å². The molecule has 0 aliphatic rings. The van der Waals surface area contributed by atoms with Crippen LogP contribution in [0.1, 0.15) is 22.8 Å². The lowest BCUT2D eigenvalue weighted by molar-refractivity contribution is 0.104. The third-order valence-electron chi connectivity index (χ3n) is 3.87. The standard InChI is InChI=1S/C20H19N3O3S/c1-2-27(25,26)22-18-11-9-17(10-12-18)20(24)13-8-16-14-21-23(15-16)19-6-4-3-5-7-19/h3-15,22H,2H2,1H3/b13-8+. The van der Waals surface area contributed by atoms with Gasteiger partial charge in [0.15, 0.2) is 5.78 Å². The number of carbonyl (C=O) groups excluding carboxylic acids is 1. The largest absolute Gasteiger partial charge is 0.289 e.